The molecule has 0 saturated carbocycles. The van der Waals surface area contributed by atoms with Gasteiger partial charge in [0.15, 0.2) is 5.82 Å². The van der Waals surface area contributed by atoms with Gasteiger partial charge < -0.3 is 9.80 Å². The fraction of sp³-hybridized carbons (Fsp3) is 0.583. The monoisotopic (exact) mass is 298 g/mol. The summed E-state index contributed by atoms with van der Waals surface area (Å²) >= 11 is 7.50. The Hall–Kier alpha value is -1.01. The number of piperidine rings is 1. The van der Waals surface area contributed by atoms with Gasteiger partial charge in [0.1, 0.15) is 16.8 Å². The molecule has 0 aliphatic carbocycles. The Balaban J connectivity index is 2.19. The van der Waals surface area contributed by atoms with Crippen LogP contribution in [0.1, 0.15) is 19.3 Å². The van der Waals surface area contributed by atoms with E-state index in [0.29, 0.717) is 0 Å². The Labute approximate surface area is 121 Å². The number of halogens is 1. The molecular formula is C12H15ClN4OS. The standard InChI is InChI=1S/C12H15ClN4OS/c1-16-8-9(14-12(13)15-10(8)19-2)17-6-4-3-5-7(17)11(16)18/h7H,3-6H2,1-2H3. The Morgan fingerprint density at radius 2 is 2.16 bits per heavy atom. The number of carbonyl (C=O) groups excluding carboxylic acids is 1. The number of hydrogen-bond donors (Lipinski definition) is 0. The van der Waals surface area contributed by atoms with E-state index in [-0.39, 0.29) is 17.2 Å². The number of nitrogens with zero attached hydrogens (tertiary/aromatic N) is 4. The highest BCUT2D eigenvalue weighted by molar-refractivity contribution is 7.98. The third-order valence-corrected chi connectivity index (χ3v) is 4.57. The van der Waals surface area contributed by atoms with Crippen molar-refractivity contribution in [2.45, 2.75) is 30.3 Å². The number of rotatable bonds is 1. The van der Waals surface area contributed by atoms with Crippen molar-refractivity contribution >= 4 is 40.8 Å². The smallest absolute Gasteiger partial charge is 0.249 e. The van der Waals surface area contributed by atoms with Gasteiger partial charge in [-0.2, -0.15) is 4.98 Å². The Kier molecular flexibility index (Phi) is 3.30. The third-order valence-electron chi connectivity index (χ3n) is 3.73. The number of fused-ring (bicyclic) bond motifs is 3. The predicted octanol–water partition coefficient (Wildman–Crippen LogP) is 2.19. The van der Waals surface area contributed by atoms with Gasteiger partial charge >= 0.3 is 0 Å². The highest BCUT2D eigenvalue weighted by Crippen LogP contribution is 2.42. The zero-order valence-electron chi connectivity index (χ0n) is 10.9. The highest BCUT2D eigenvalue weighted by Gasteiger charge is 2.40. The summed E-state index contributed by atoms with van der Waals surface area (Å²) in [6, 6.07) is -0.0908. The van der Waals surface area contributed by atoms with Crippen molar-refractivity contribution in [2.24, 2.45) is 0 Å². The highest BCUT2D eigenvalue weighted by atomic mass is 35.5. The van der Waals surface area contributed by atoms with E-state index in [1.165, 1.54) is 11.8 Å². The molecule has 3 heterocycles. The molecule has 1 aromatic rings. The number of thioether (sulfide) groups is 1. The SMILES string of the molecule is CSc1nc(Cl)nc2c1N(C)C(=O)C1CCCCN21. The number of likely N-dealkylation sites (N-methyl/N-ethyl adjacent to an activating group) is 1. The molecule has 5 nitrogen and oxygen atoms in total. The number of hydrogen-bond acceptors (Lipinski definition) is 5. The molecule has 0 aromatic carbocycles. The third kappa shape index (κ3) is 1.97. The molecule has 0 bridgehead atoms. The summed E-state index contributed by atoms with van der Waals surface area (Å²) in [5.74, 6) is 0.935. The van der Waals surface area contributed by atoms with Crippen LogP contribution in [0.3, 0.4) is 0 Å². The van der Waals surface area contributed by atoms with Gasteiger partial charge in [-0.3, -0.25) is 4.79 Å². The van der Waals surface area contributed by atoms with Crippen LogP contribution in [-0.4, -0.2) is 41.8 Å². The lowest BCUT2D eigenvalue weighted by Gasteiger charge is -2.43. The second-order valence-electron chi connectivity index (χ2n) is 4.78. The van der Waals surface area contributed by atoms with Crippen LogP contribution in [0.4, 0.5) is 11.5 Å². The minimum absolute atomic E-state index is 0.0908. The molecule has 1 unspecified atom stereocenters. The Morgan fingerprint density at radius 3 is 2.89 bits per heavy atom. The molecule has 1 fully saturated rings. The number of amides is 1. The fourth-order valence-corrected chi connectivity index (χ4v) is 3.62. The van der Waals surface area contributed by atoms with Gasteiger partial charge in [0, 0.05) is 13.6 Å². The molecule has 1 saturated heterocycles. The van der Waals surface area contributed by atoms with Gasteiger partial charge in [0.25, 0.3) is 0 Å². The van der Waals surface area contributed by atoms with Crippen LogP contribution in [-0.2, 0) is 4.79 Å². The van der Waals surface area contributed by atoms with Gasteiger partial charge in [-0.05, 0) is 37.1 Å². The first-order valence-corrected chi connectivity index (χ1v) is 7.89. The molecule has 19 heavy (non-hydrogen) atoms. The average molecular weight is 299 g/mol. The lowest BCUT2D eigenvalue weighted by molar-refractivity contribution is -0.120. The van der Waals surface area contributed by atoms with Crippen molar-refractivity contribution < 1.29 is 4.79 Å². The van der Waals surface area contributed by atoms with Crippen molar-refractivity contribution in [1.29, 1.82) is 0 Å². The van der Waals surface area contributed by atoms with Crippen molar-refractivity contribution in [2.75, 3.05) is 29.6 Å². The molecule has 1 aromatic heterocycles. The van der Waals surface area contributed by atoms with E-state index < -0.39 is 0 Å². The van der Waals surface area contributed by atoms with Crippen molar-refractivity contribution in [3.8, 4) is 0 Å². The molecule has 1 amide bonds. The fourth-order valence-electron chi connectivity index (χ4n) is 2.81. The summed E-state index contributed by atoms with van der Waals surface area (Å²) in [5, 5.41) is 1.00. The summed E-state index contributed by atoms with van der Waals surface area (Å²) in [5.41, 5.74) is 0.792. The number of carbonyl (C=O) groups is 1. The van der Waals surface area contributed by atoms with Crippen molar-refractivity contribution in [3.05, 3.63) is 5.28 Å². The molecule has 3 rings (SSSR count). The van der Waals surface area contributed by atoms with E-state index in [2.05, 4.69) is 14.9 Å². The van der Waals surface area contributed by atoms with E-state index in [1.54, 1.807) is 11.9 Å². The first kappa shape index (κ1) is 13.0. The van der Waals surface area contributed by atoms with Crippen molar-refractivity contribution in [3.63, 3.8) is 0 Å². The minimum atomic E-state index is -0.0908. The lowest BCUT2D eigenvalue weighted by Crippen LogP contribution is -2.54. The largest absolute Gasteiger partial charge is 0.343 e. The molecule has 1 atom stereocenters. The van der Waals surface area contributed by atoms with E-state index in [9.17, 15) is 4.79 Å². The number of anilines is 2. The molecule has 7 heteroatoms. The second kappa shape index (κ2) is 4.83. The maximum Gasteiger partial charge on any atom is 0.249 e. The first-order chi connectivity index (χ1) is 9.13. The van der Waals surface area contributed by atoms with Crippen LogP contribution < -0.4 is 9.80 Å². The Morgan fingerprint density at radius 1 is 1.37 bits per heavy atom. The maximum atomic E-state index is 12.5. The molecule has 0 N–H and O–H groups in total. The van der Waals surface area contributed by atoms with Crippen LogP contribution >= 0.6 is 23.4 Å². The van der Waals surface area contributed by atoms with Crippen LogP contribution in [0.15, 0.2) is 5.03 Å². The molecule has 2 aliphatic rings. The van der Waals surface area contributed by atoms with E-state index in [1.807, 2.05) is 6.26 Å². The van der Waals surface area contributed by atoms with Crippen LogP contribution in [0.2, 0.25) is 5.28 Å². The normalized spacial score (nSPS) is 22.3. The number of aromatic nitrogens is 2. The predicted molar refractivity (Wildman–Crippen MR) is 77.2 cm³/mol. The average Bonchev–Trinajstić information content (AvgIpc) is 2.43. The molecule has 0 radical (unpaired) electrons. The van der Waals surface area contributed by atoms with E-state index in [0.717, 1.165) is 42.3 Å². The van der Waals surface area contributed by atoms with Gasteiger partial charge in [-0.1, -0.05) is 0 Å². The van der Waals surface area contributed by atoms with Crippen LogP contribution in [0.25, 0.3) is 0 Å². The summed E-state index contributed by atoms with van der Waals surface area (Å²) in [6.07, 6.45) is 4.99. The molecular weight excluding hydrogens is 284 g/mol. The summed E-state index contributed by atoms with van der Waals surface area (Å²) in [6.45, 7) is 0.860. The maximum absolute atomic E-state index is 12.5. The summed E-state index contributed by atoms with van der Waals surface area (Å²) < 4.78 is 0. The zero-order valence-corrected chi connectivity index (χ0v) is 12.5. The minimum Gasteiger partial charge on any atom is -0.343 e. The zero-order chi connectivity index (χ0) is 13.6. The lowest BCUT2D eigenvalue weighted by atomic mass is 9.98. The van der Waals surface area contributed by atoms with Gasteiger partial charge in [0.2, 0.25) is 11.2 Å². The van der Waals surface area contributed by atoms with Crippen LogP contribution in [0, 0.1) is 0 Å². The topological polar surface area (TPSA) is 49.3 Å². The summed E-state index contributed by atoms with van der Waals surface area (Å²) in [4.78, 5) is 24.8. The second-order valence-corrected chi connectivity index (χ2v) is 5.91. The Bertz CT molecular complexity index is 539. The molecule has 102 valence electrons. The van der Waals surface area contributed by atoms with Crippen LogP contribution in [0.5, 0.6) is 0 Å². The summed E-state index contributed by atoms with van der Waals surface area (Å²) in [7, 11) is 1.80. The van der Waals surface area contributed by atoms with E-state index in [4.69, 9.17) is 11.6 Å². The van der Waals surface area contributed by atoms with Gasteiger partial charge in [-0.15, -0.1) is 11.8 Å². The van der Waals surface area contributed by atoms with E-state index >= 15 is 0 Å². The van der Waals surface area contributed by atoms with Gasteiger partial charge in [0.05, 0.1) is 0 Å². The molecule has 0 spiro atoms. The first-order valence-electron chi connectivity index (χ1n) is 6.29. The molecule has 2 aliphatic heterocycles. The quantitative estimate of drug-likeness (QED) is 0.452. The van der Waals surface area contributed by atoms with Crippen molar-refractivity contribution in [1.82, 2.24) is 9.97 Å². The van der Waals surface area contributed by atoms with Gasteiger partial charge in [-0.25, -0.2) is 4.98 Å².